The Labute approximate surface area is 65.8 Å². The van der Waals surface area contributed by atoms with Crippen LogP contribution < -0.4 is 0 Å². The van der Waals surface area contributed by atoms with Gasteiger partial charge in [0.05, 0.1) is 6.10 Å². The second-order valence-corrected chi connectivity index (χ2v) is 3.09. The van der Waals surface area contributed by atoms with Crippen LogP contribution in [-0.4, -0.2) is 13.2 Å². The molecule has 0 spiro atoms. The van der Waals surface area contributed by atoms with Gasteiger partial charge >= 0.3 is 0 Å². The van der Waals surface area contributed by atoms with E-state index in [2.05, 4.69) is 20.8 Å². The van der Waals surface area contributed by atoms with Gasteiger partial charge in [-0.1, -0.05) is 27.2 Å². The van der Waals surface area contributed by atoms with E-state index in [0.29, 0.717) is 6.10 Å². The van der Waals surface area contributed by atoms with Gasteiger partial charge in [0.1, 0.15) is 0 Å². The summed E-state index contributed by atoms with van der Waals surface area (Å²) in [5.41, 5.74) is 0. The molecule has 0 aromatic rings. The summed E-state index contributed by atoms with van der Waals surface area (Å²) in [6.07, 6.45) is 1.69. The van der Waals surface area contributed by atoms with Gasteiger partial charge in [0, 0.05) is 7.11 Å². The van der Waals surface area contributed by atoms with Crippen LogP contribution >= 0.6 is 0 Å². The van der Waals surface area contributed by atoms with Gasteiger partial charge in [0.2, 0.25) is 0 Å². The van der Waals surface area contributed by atoms with Gasteiger partial charge in [-0.3, -0.25) is 0 Å². The first-order valence-corrected chi connectivity index (χ1v) is 4.07. The number of rotatable bonds is 2. The lowest BCUT2D eigenvalue weighted by molar-refractivity contribution is 0.134. The highest BCUT2D eigenvalue weighted by atomic mass is 16.5. The summed E-state index contributed by atoms with van der Waals surface area (Å²) in [6.45, 7) is 10.6. The fourth-order valence-electron chi connectivity index (χ4n) is 0. The van der Waals surface area contributed by atoms with Crippen LogP contribution in [0.2, 0.25) is 0 Å². The number of methoxy groups -OCH3 is 1. The van der Waals surface area contributed by atoms with E-state index in [1.54, 1.807) is 7.11 Å². The first-order chi connectivity index (χ1) is 4.54. The standard InChI is InChI=1S/C5H12.C4H10O/c1-4-5(2)3;1-4(2)5-3/h5H,4H2,1-3H3;4H,1-3H3. The van der Waals surface area contributed by atoms with Gasteiger partial charge in [0.15, 0.2) is 0 Å². The lowest BCUT2D eigenvalue weighted by Crippen LogP contribution is -1.94. The van der Waals surface area contributed by atoms with E-state index >= 15 is 0 Å². The monoisotopic (exact) mass is 146 g/mol. The fourth-order valence-corrected chi connectivity index (χ4v) is 0. The highest BCUT2D eigenvalue weighted by Crippen LogP contribution is 1.93. The Bertz CT molecular complexity index is 40.7. The van der Waals surface area contributed by atoms with Crippen molar-refractivity contribution in [3.8, 4) is 0 Å². The van der Waals surface area contributed by atoms with Crippen molar-refractivity contribution in [2.75, 3.05) is 7.11 Å². The summed E-state index contributed by atoms with van der Waals surface area (Å²) in [5, 5.41) is 0. The predicted octanol–water partition coefficient (Wildman–Crippen LogP) is 3.09. The molecule has 0 bridgehead atoms. The van der Waals surface area contributed by atoms with Gasteiger partial charge in [-0.2, -0.15) is 0 Å². The topological polar surface area (TPSA) is 9.23 Å². The van der Waals surface area contributed by atoms with Crippen molar-refractivity contribution in [2.45, 2.75) is 47.1 Å². The SMILES string of the molecule is CCC(C)C.COC(C)C. The van der Waals surface area contributed by atoms with Crippen LogP contribution in [0.15, 0.2) is 0 Å². The predicted molar refractivity (Wildman–Crippen MR) is 47.3 cm³/mol. The minimum absolute atomic E-state index is 0.384. The van der Waals surface area contributed by atoms with E-state index in [1.807, 2.05) is 13.8 Å². The molecule has 0 heterocycles. The van der Waals surface area contributed by atoms with Gasteiger partial charge in [-0.15, -0.1) is 0 Å². The molecular formula is C9H22O. The molecule has 0 saturated heterocycles. The number of hydrogen-bond donors (Lipinski definition) is 0. The van der Waals surface area contributed by atoms with Crippen LogP contribution in [0.5, 0.6) is 0 Å². The molecule has 0 N–H and O–H groups in total. The second-order valence-electron chi connectivity index (χ2n) is 3.09. The van der Waals surface area contributed by atoms with Gasteiger partial charge in [-0.05, 0) is 19.8 Å². The van der Waals surface area contributed by atoms with Crippen LogP contribution in [-0.2, 0) is 4.74 Å². The first kappa shape index (κ1) is 12.6. The molecule has 0 unspecified atom stereocenters. The maximum Gasteiger partial charge on any atom is 0.0515 e. The molecule has 0 aliphatic carbocycles. The van der Waals surface area contributed by atoms with E-state index in [-0.39, 0.29) is 0 Å². The number of ether oxygens (including phenoxy) is 1. The van der Waals surface area contributed by atoms with Gasteiger partial charge in [-0.25, -0.2) is 0 Å². The van der Waals surface area contributed by atoms with Crippen molar-refractivity contribution in [3.63, 3.8) is 0 Å². The fraction of sp³-hybridized carbons (Fsp3) is 1.00. The van der Waals surface area contributed by atoms with Crippen LogP contribution in [0.4, 0.5) is 0 Å². The van der Waals surface area contributed by atoms with E-state index in [4.69, 9.17) is 4.74 Å². The quantitative estimate of drug-likeness (QED) is 0.581. The minimum atomic E-state index is 0.384. The third-order valence-electron chi connectivity index (χ3n) is 1.29. The summed E-state index contributed by atoms with van der Waals surface area (Å²) in [6, 6.07) is 0. The summed E-state index contributed by atoms with van der Waals surface area (Å²) in [5.74, 6) is 0.884. The Morgan fingerprint density at radius 1 is 1.10 bits per heavy atom. The molecule has 0 aliphatic rings. The minimum Gasteiger partial charge on any atom is -0.382 e. The van der Waals surface area contributed by atoms with Crippen LogP contribution in [0.3, 0.4) is 0 Å². The Morgan fingerprint density at radius 3 is 1.30 bits per heavy atom. The summed E-state index contributed by atoms with van der Waals surface area (Å²) in [4.78, 5) is 0. The van der Waals surface area contributed by atoms with E-state index in [1.165, 1.54) is 6.42 Å². The lowest BCUT2D eigenvalue weighted by atomic mass is 10.2. The van der Waals surface area contributed by atoms with Gasteiger partial charge < -0.3 is 4.74 Å². The Balaban J connectivity index is 0. The maximum atomic E-state index is 4.75. The lowest BCUT2D eigenvalue weighted by Gasteiger charge is -1.94. The van der Waals surface area contributed by atoms with Crippen LogP contribution in [0.25, 0.3) is 0 Å². The Morgan fingerprint density at radius 2 is 1.30 bits per heavy atom. The Hall–Kier alpha value is -0.0400. The summed E-state index contributed by atoms with van der Waals surface area (Å²) >= 11 is 0. The van der Waals surface area contributed by atoms with Crippen molar-refractivity contribution in [2.24, 2.45) is 5.92 Å². The molecule has 10 heavy (non-hydrogen) atoms. The van der Waals surface area contributed by atoms with Crippen molar-refractivity contribution in [1.82, 2.24) is 0 Å². The van der Waals surface area contributed by atoms with E-state index < -0.39 is 0 Å². The molecule has 0 radical (unpaired) electrons. The average molecular weight is 146 g/mol. The Kier molecular flexibility index (Phi) is 11.3. The molecule has 0 aromatic heterocycles. The molecule has 0 amide bonds. The van der Waals surface area contributed by atoms with Crippen LogP contribution in [0, 0.1) is 5.92 Å². The first-order valence-electron chi connectivity index (χ1n) is 4.07. The zero-order valence-electron chi connectivity index (χ0n) is 8.27. The molecule has 0 aromatic carbocycles. The molecule has 0 rings (SSSR count). The molecular weight excluding hydrogens is 124 g/mol. The number of hydrogen-bond acceptors (Lipinski definition) is 1. The molecule has 64 valence electrons. The summed E-state index contributed by atoms with van der Waals surface area (Å²) < 4.78 is 4.75. The highest BCUT2D eigenvalue weighted by Gasteiger charge is 1.80. The second kappa shape index (κ2) is 8.96. The molecule has 0 fully saturated rings. The molecule has 1 nitrogen and oxygen atoms in total. The van der Waals surface area contributed by atoms with E-state index in [0.717, 1.165) is 5.92 Å². The highest BCUT2D eigenvalue weighted by molar-refractivity contribution is 4.32. The maximum absolute atomic E-state index is 4.75. The molecule has 0 atom stereocenters. The summed E-state index contributed by atoms with van der Waals surface area (Å²) in [7, 11) is 1.70. The van der Waals surface area contributed by atoms with Crippen molar-refractivity contribution < 1.29 is 4.74 Å². The third kappa shape index (κ3) is 24.6. The zero-order valence-corrected chi connectivity index (χ0v) is 8.27. The van der Waals surface area contributed by atoms with Crippen molar-refractivity contribution in [1.29, 1.82) is 0 Å². The molecule has 0 saturated carbocycles. The largest absolute Gasteiger partial charge is 0.382 e. The molecule has 1 heteroatoms. The smallest absolute Gasteiger partial charge is 0.0515 e. The zero-order chi connectivity index (χ0) is 8.57. The third-order valence-corrected chi connectivity index (χ3v) is 1.29. The van der Waals surface area contributed by atoms with Crippen molar-refractivity contribution >= 4 is 0 Å². The van der Waals surface area contributed by atoms with Crippen molar-refractivity contribution in [3.05, 3.63) is 0 Å². The molecule has 0 aliphatic heterocycles. The average Bonchev–Trinajstić information content (AvgIpc) is 1.89. The van der Waals surface area contributed by atoms with Gasteiger partial charge in [0.25, 0.3) is 0 Å². The van der Waals surface area contributed by atoms with Crippen LogP contribution in [0.1, 0.15) is 41.0 Å². The normalized spacial score (nSPS) is 9.60. The van der Waals surface area contributed by atoms with E-state index in [9.17, 15) is 0 Å².